The van der Waals surface area contributed by atoms with Gasteiger partial charge in [-0.2, -0.15) is 0 Å². The smallest absolute Gasteiger partial charge is 0.241 e. The zero-order valence-electron chi connectivity index (χ0n) is 20.4. The molecule has 8 nitrogen and oxygen atoms in total. The second-order valence-corrected chi connectivity index (χ2v) is 9.44. The van der Waals surface area contributed by atoms with Crippen molar-refractivity contribution in [2.75, 3.05) is 19.1 Å². The molecule has 0 N–H and O–H groups in total. The lowest BCUT2D eigenvalue weighted by Gasteiger charge is -2.27. The van der Waals surface area contributed by atoms with Gasteiger partial charge >= 0.3 is 0 Å². The maximum atomic E-state index is 14.1. The number of ether oxygens (including phenoxy) is 3. The average Bonchev–Trinajstić information content (AvgIpc) is 3.48. The SMILES string of the molecule is COc1ccc(OC)c(N2C(=O)[C@H]3[C@@H](c4ccc(C)cc4)OC4(C(=O)c5ccccc5C4=O)[C@@H]3C2=O)c1. The molecule has 3 aromatic rings. The molecule has 0 radical (unpaired) electrons. The summed E-state index contributed by atoms with van der Waals surface area (Å²) in [6.07, 6.45) is -0.981. The van der Waals surface area contributed by atoms with Gasteiger partial charge in [-0.25, -0.2) is 4.90 Å². The number of hydrogen-bond acceptors (Lipinski definition) is 7. The second-order valence-electron chi connectivity index (χ2n) is 9.44. The van der Waals surface area contributed by atoms with E-state index in [0.29, 0.717) is 11.3 Å². The largest absolute Gasteiger partial charge is 0.497 e. The van der Waals surface area contributed by atoms with Gasteiger partial charge < -0.3 is 14.2 Å². The van der Waals surface area contributed by atoms with Crippen LogP contribution in [0, 0.1) is 18.8 Å². The van der Waals surface area contributed by atoms with E-state index in [4.69, 9.17) is 14.2 Å². The molecule has 37 heavy (non-hydrogen) atoms. The van der Waals surface area contributed by atoms with E-state index in [1.165, 1.54) is 20.3 Å². The lowest BCUT2D eigenvalue weighted by Crippen LogP contribution is -2.51. The van der Waals surface area contributed by atoms with Crippen molar-refractivity contribution in [1.29, 1.82) is 0 Å². The second kappa shape index (κ2) is 8.11. The van der Waals surface area contributed by atoms with E-state index in [1.54, 1.807) is 48.5 Å². The van der Waals surface area contributed by atoms with Gasteiger partial charge in [0, 0.05) is 17.2 Å². The molecule has 1 aliphatic carbocycles. The Bertz CT molecular complexity index is 1460. The van der Waals surface area contributed by atoms with Crippen LogP contribution in [0.25, 0.3) is 0 Å². The van der Waals surface area contributed by atoms with Gasteiger partial charge in [0.05, 0.1) is 37.8 Å². The fraction of sp³-hybridized carbons (Fsp3) is 0.241. The normalized spacial score (nSPS) is 23.5. The third-order valence-corrected chi connectivity index (χ3v) is 7.55. The van der Waals surface area contributed by atoms with Crippen LogP contribution in [0.4, 0.5) is 5.69 Å². The Labute approximate surface area is 212 Å². The van der Waals surface area contributed by atoms with Crippen LogP contribution in [0.1, 0.15) is 37.9 Å². The maximum Gasteiger partial charge on any atom is 0.241 e. The third-order valence-electron chi connectivity index (χ3n) is 7.55. The highest BCUT2D eigenvalue weighted by atomic mass is 16.5. The number of hydrogen-bond donors (Lipinski definition) is 0. The molecular weight excluding hydrogens is 474 g/mol. The molecule has 186 valence electrons. The molecular formula is C29H23NO7. The molecule has 3 atom stereocenters. The van der Waals surface area contributed by atoms with Crippen molar-refractivity contribution < 1.29 is 33.4 Å². The van der Waals surface area contributed by atoms with Crippen LogP contribution in [0.2, 0.25) is 0 Å². The summed E-state index contributed by atoms with van der Waals surface area (Å²) in [5, 5.41) is 0. The highest BCUT2D eigenvalue weighted by Gasteiger charge is 2.74. The fourth-order valence-corrected chi connectivity index (χ4v) is 5.78. The molecule has 0 unspecified atom stereocenters. The molecule has 2 fully saturated rings. The predicted molar refractivity (Wildman–Crippen MR) is 132 cm³/mol. The number of fused-ring (bicyclic) bond motifs is 3. The summed E-state index contributed by atoms with van der Waals surface area (Å²) in [6, 6.07) is 18.5. The highest BCUT2D eigenvalue weighted by molar-refractivity contribution is 6.37. The number of carbonyl (C=O) groups is 4. The van der Waals surface area contributed by atoms with E-state index in [-0.39, 0.29) is 22.6 Å². The Hall–Kier alpha value is -4.30. The summed E-state index contributed by atoms with van der Waals surface area (Å²) in [4.78, 5) is 56.9. The van der Waals surface area contributed by atoms with Crippen LogP contribution in [0.3, 0.4) is 0 Å². The number of methoxy groups -OCH3 is 2. The number of nitrogens with zero attached hydrogens (tertiary/aromatic N) is 1. The molecule has 2 amide bonds. The number of aryl methyl sites for hydroxylation is 1. The first-order valence-electron chi connectivity index (χ1n) is 11.9. The first-order chi connectivity index (χ1) is 17.8. The number of carbonyl (C=O) groups excluding carboxylic acids is 4. The molecule has 6 rings (SSSR count). The van der Waals surface area contributed by atoms with Gasteiger partial charge in [-0.3, -0.25) is 19.2 Å². The Morgan fingerprint density at radius 1 is 0.811 bits per heavy atom. The number of benzene rings is 3. The van der Waals surface area contributed by atoms with Crippen LogP contribution in [-0.2, 0) is 14.3 Å². The minimum atomic E-state index is -2.13. The highest BCUT2D eigenvalue weighted by Crippen LogP contribution is 2.58. The number of anilines is 1. The number of amides is 2. The standard InChI is InChI=1S/C29H23NO7/c1-15-8-10-16(11-9-15)24-22-23(29(37-24)25(31)18-6-4-5-7-19(18)26(29)32)28(34)30(27(22)33)20-14-17(35-2)12-13-21(20)36-3/h4-14,22-24H,1-3H3/t22-,23+,24-/m1/s1. The molecule has 2 saturated heterocycles. The van der Waals surface area contributed by atoms with Crippen molar-refractivity contribution in [3.63, 3.8) is 0 Å². The molecule has 0 aromatic heterocycles. The summed E-state index contributed by atoms with van der Waals surface area (Å²) in [6.45, 7) is 1.92. The van der Waals surface area contributed by atoms with Crippen LogP contribution >= 0.6 is 0 Å². The van der Waals surface area contributed by atoms with Crippen LogP contribution in [0.5, 0.6) is 11.5 Å². The molecule has 2 heterocycles. The first-order valence-corrected chi connectivity index (χ1v) is 11.9. The zero-order chi connectivity index (χ0) is 26.1. The van der Waals surface area contributed by atoms with E-state index in [9.17, 15) is 19.2 Å². The Balaban J connectivity index is 1.55. The number of Topliss-reactive ketones (excluding diaryl/α,β-unsaturated/α-hetero) is 2. The van der Waals surface area contributed by atoms with Crippen molar-refractivity contribution in [2.24, 2.45) is 11.8 Å². The molecule has 2 aliphatic heterocycles. The van der Waals surface area contributed by atoms with Gasteiger partial charge in [-0.05, 0) is 24.6 Å². The Morgan fingerprint density at radius 2 is 1.46 bits per heavy atom. The number of rotatable bonds is 4. The van der Waals surface area contributed by atoms with Gasteiger partial charge in [-0.15, -0.1) is 0 Å². The first kappa shape index (κ1) is 23.1. The average molecular weight is 498 g/mol. The van der Waals surface area contributed by atoms with E-state index in [2.05, 4.69) is 0 Å². The Morgan fingerprint density at radius 3 is 2.05 bits per heavy atom. The monoisotopic (exact) mass is 497 g/mol. The summed E-state index contributed by atoms with van der Waals surface area (Å²) in [7, 11) is 2.90. The van der Waals surface area contributed by atoms with Crippen molar-refractivity contribution in [1.82, 2.24) is 0 Å². The van der Waals surface area contributed by atoms with E-state index < -0.39 is 46.9 Å². The van der Waals surface area contributed by atoms with Gasteiger partial charge in [-0.1, -0.05) is 54.1 Å². The molecule has 3 aromatic carbocycles. The summed E-state index contributed by atoms with van der Waals surface area (Å²) < 4.78 is 17.1. The molecule has 0 bridgehead atoms. The van der Waals surface area contributed by atoms with E-state index >= 15 is 0 Å². The molecule has 8 heteroatoms. The van der Waals surface area contributed by atoms with Crippen LogP contribution in [-0.4, -0.2) is 43.2 Å². The van der Waals surface area contributed by atoms with Gasteiger partial charge in [0.2, 0.25) is 29.0 Å². The van der Waals surface area contributed by atoms with Crippen molar-refractivity contribution in [2.45, 2.75) is 18.6 Å². The van der Waals surface area contributed by atoms with E-state index in [0.717, 1.165) is 10.5 Å². The predicted octanol–water partition coefficient (Wildman–Crippen LogP) is 3.71. The molecule has 0 saturated carbocycles. The maximum absolute atomic E-state index is 14.1. The zero-order valence-corrected chi connectivity index (χ0v) is 20.4. The summed E-state index contributed by atoms with van der Waals surface area (Å²) in [5.74, 6) is -4.20. The molecule has 1 spiro atoms. The van der Waals surface area contributed by atoms with E-state index in [1.807, 2.05) is 19.1 Å². The number of ketones is 2. The van der Waals surface area contributed by atoms with Crippen LogP contribution in [0.15, 0.2) is 66.7 Å². The lowest BCUT2D eigenvalue weighted by molar-refractivity contribution is -0.127. The summed E-state index contributed by atoms with van der Waals surface area (Å²) >= 11 is 0. The number of imide groups is 1. The fourth-order valence-electron chi connectivity index (χ4n) is 5.78. The topological polar surface area (TPSA) is 99.2 Å². The minimum Gasteiger partial charge on any atom is -0.497 e. The molecule has 3 aliphatic rings. The van der Waals surface area contributed by atoms with Gasteiger partial charge in [0.15, 0.2) is 0 Å². The Kier molecular flexibility index (Phi) is 5.07. The van der Waals surface area contributed by atoms with Crippen molar-refractivity contribution in [3.8, 4) is 11.5 Å². The third kappa shape index (κ3) is 2.99. The quantitative estimate of drug-likeness (QED) is 0.400. The van der Waals surface area contributed by atoms with Crippen LogP contribution < -0.4 is 14.4 Å². The summed E-state index contributed by atoms with van der Waals surface area (Å²) in [5.41, 5.74) is 0.0263. The lowest BCUT2D eigenvalue weighted by atomic mass is 9.77. The van der Waals surface area contributed by atoms with Gasteiger partial charge in [0.1, 0.15) is 11.5 Å². The van der Waals surface area contributed by atoms with Crippen molar-refractivity contribution in [3.05, 3.63) is 89.0 Å². The minimum absolute atomic E-state index is 0.180. The van der Waals surface area contributed by atoms with Gasteiger partial charge in [0.25, 0.3) is 0 Å². The van der Waals surface area contributed by atoms with Crippen molar-refractivity contribution >= 4 is 29.1 Å².